The second kappa shape index (κ2) is 17.9. The second-order valence-corrected chi connectivity index (χ2v) is 18.9. The van der Waals surface area contributed by atoms with Gasteiger partial charge in [-0.05, 0) is 0 Å². The molecule has 3 aliphatic heterocycles. The standard InChI is InChI=1S/C30H38N15O19P3/c31-22-13-25(37-4-34-22)43(7-40-13)28-19(49)16(46)10(60-28)2-58-66(53,54)64-21-18(48)12(62-30(21)45-9-42-15-24(33)36-6-39-27(15)45)3-59-67(55,56)63-20-17(47)11(1-57-65(50,51)52)61-29(20)44-8-41-14-23(32)35-5-38-26(14)44/h4-12,16-21,28-30,46-49H,1-3H2,(H,53,54)(H,55,56)(H2,31,34,37)(H2,32,35,38)(H2,33,36,39)(H2,50,51,52)/t10-,11-,12-,16?,17?,18?,19?,20?,21?,28-,29-,30-/m1/s1. The van der Waals surface area contributed by atoms with E-state index in [9.17, 15) is 53.7 Å². The largest absolute Gasteiger partial charge is 0.472 e. The number of hydrogen-bond donors (Lipinski definition) is 11. The summed E-state index contributed by atoms with van der Waals surface area (Å²) in [6.45, 7) is -2.85. The normalized spacial score (nSPS) is 31.0. The first kappa shape index (κ1) is 47.2. The molecule has 3 fully saturated rings. The van der Waals surface area contributed by atoms with Gasteiger partial charge in [-0.2, -0.15) is 0 Å². The van der Waals surface area contributed by atoms with E-state index < -0.39 is 117 Å². The van der Waals surface area contributed by atoms with Gasteiger partial charge in [-0.3, -0.25) is 36.3 Å². The highest BCUT2D eigenvalue weighted by molar-refractivity contribution is 7.47. The Kier molecular flexibility index (Phi) is 12.6. The molecule has 0 aliphatic carbocycles. The molecule has 3 aliphatic rings. The van der Waals surface area contributed by atoms with Crippen molar-refractivity contribution in [3.05, 3.63) is 38.0 Å². The zero-order valence-corrected chi connectivity index (χ0v) is 36.2. The highest BCUT2D eigenvalue weighted by Crippen LogP contribution is 2.53. The number of nitrogens with two attached hydrogens (primary N) is 3. The number of ether oxygens (including phenoxy) is 3. The Morgan fingerprint density at radius 2 is 0.836 bits per heavy atom. The molecule has 14 N–H and O–H groups in total. The van der Waals surface area contributed by atoms with Crippen molar-refractivity contribution in [3.63, 3.8) is 0 Å². The maximum Gasteiger partial charge on any atom is 0.472 e. The molecule has 362 valence electrons. The van der Waals surface area contributed by atoms with E-state index in [-0.39, 0.29) is 50.9 Å². The first-order valence-corrected chi connectivity index (χ1v) is 23.7. The summed E-state index contributed by atoms with van der Waals surface area (Å²) in [5.74, 6) is -0.135. The Morgan fingerprint density at radius 1 is 0.493 bits per heavy atom. The molecule has 0 amide bonds. The molecule has 14 atom stereocenters. The fourth-order valence-corrected chi connectivity index (χ4v) is 9.73. The van der Waals surface area contributed by atoms with Crippen LogP contribution in [-0.4, -0.2) is 173 Å². The number of aliphatic hydroxyl groups excluding tert-OH is 4. The van der Waals surface area contributed by atoms with E-state index in [0.717, 1.165) is 40.8 Å². The molecule has 3 saturated heterocycles. The van der Waals surface area contributed by atoms with Crippen molar-refractivity contribution in [3.8, 4) is 0 Å². The highest BCUT2D eigenvalue weighted by atomic mass is 31.2. The van der Waals surface area contributed by atoms with Crippen LogP contribution in [0.1, 0.15) is 18.7 Å². The average Bonchev–Trinajstić information content (AvgIpc) is 4.13. The van der Waals surface area contributed by atoms with Crippen molar-refractivity contribution in [1.82, 2.24) is 58.6 Å². The Labute approximate surface area is 371 Å². The molecule has 8 unspecified atom stereocenters. The van der Waals surface area contributed by atoms with E-state index in [0.29, 0.717) is 0 Å². The van der Waals surface area contributed by atoms with Gasteiger partial charge in [0, 0.05) is 0 Å². The van der Waals surface area contributed by atoms with E-state index in [1.165, 1.54) is 10.9 Å². The molecule has 0 spiro atoms. The van der Waals surface area contributed by atoms with Crippen LogP contribution in [0.4, 0.5) is 17.5 Å². The molecule has 0 radical (unpaired) electrons. The maximum atomic E-state index is 13.6. The lowest BCUT2D eigenvalue weighted by Crippen LogP contribution is -2.37. The summed E-state index contributed by atoms with van der Waals surface area (Å²) in [6.07, 6.45) is -13.7. The van der Waals surface area contributed by atoms with Gasteiger partial charge in [0.05, 0.1) is 38.8 Å². The van der Waals surface area contributed by atoms with Crippen LogP contribution in [0.5, 0.6) is 0 Å². The van der Waals surface area contributed by atoms with Gasteiger partial charge in [0.25, 0.3) is 0 Å². The zero-order chi connectivity index (χ0) is 47.7. The van der Waals surface area contributed by atoms with Crippen LogP contribution in [-0.2, 0) is 50.5 Å². The lowest BCUT2D eigenvalue weighted by molar-refractivity contribution is -0.0644. The van der Waals surface area contributed by atoms with E-state index in [1.54, 1.807) is 0 Å². The van der Waals surface area contributed by atoms with Crippen molar-refractivity contribution in [2.75, 3.05) is 37.0 Å². The number of anilines is 3. The number of imidazole rings is 3. The fourth-order valence-electron chi connectivity index (χ4n) is 7.53. The smallest absolute Gasteiger partial charge is 0.387 e. The molecule has 9 heterocycles. The molecule has 0 saturated carbocycles. The van der Waals surface area contributed by atoms with E-state index in [4.69, 9.17) is 49.5 Å². The quantitative estimate of drug-likeness (QED) is 0.0419. The number of aromatic nitrogens is 12. The summed E-state index contributed by atoms with van der Waals surface area (Å²) in [4.78, 5) is 76.7. The molecule has 67 heavy (non-hydrogen) atoms. The third-order valence-corrected chi connectivity index (χ3v) is 13.1. The summed E-state index contributed by atoms with van der Waals surface area (Å²) < 4.78 is 85.4. The minimum atomic E-state index is -5.42. The minimum absolute atomic E-state index is 0.00856. The van der Waals surface area contributed by atoms with Crippen molar-refractivity contribution in [2.24, 2.45) is 0 Å². The molecular formula is C30H38N15O19P3. The predicted molar refractivity (Wildman–Crippen MR) is 214 cm³/mol. The van der Waals surface area contributed by atoms with Crippen LogP contribution in [0, 0.1) is 0 Å². The molecule has 34 nitrogen and oxygen atoms in total. The summed E-state index contributed by atoms with van der Waals surface area (Å²) >= 11 is 0. The van der Waals surface area contributed by atoms with Crippen LogP contribution in [0.3, 0.4) is 0 Å². The number of hydrogen-bond acceptors (Lipinski definition) is 27. The van der Waals surface area contributed by atoms with Crippen molar-refractivity contribution in [1.29, 1.82) is 0 Å². The Hall–Kier alpha value is -4.90. The van der Waals surface area contributed by atoms with Crippen molar-refractivity contribution < 1.29 is 90.5 Å². The van der Waals surface area contributed by atoms with Gasteiger partial charge >= 0.3 is 23.5 Å². The molecule has 6 aromatic heterocycles. The Morgan fingerprint density at radius 3 is 1.22 bits per heavy atom. The number of nitrogen functional groups attached to an aromatic ring is 3. The third-order valence-electron chi connectivity index (χ3n) is 10.7. The molecule has 6 aromatic rings. The summed E-state index contributed by atoms with van der Waals surface area (Å²) in [5, 5.41) is 44.4. The molecular weight excluding hydrogens is 967 g/mol. The Bertz CT molecular complexity index is 2940. The molecule has 0 bridgehead atoms. The predicted octanol–water partition coefficient (Wildman–Crippen LogP) is -3.50. The highest BCUT2D eigenvalue weighted by Gasteiger charge is 2.53. The van der Waals surface area contributed by atoms with Gasteiger partial charge in [-0.1, -0.05) is 0 Å². The van der Waals surface area contributed by atoms with Crippen LogP contribution in [0.15, 0.2) is 38.0 Å². The second-order valence-electron chi connectivity index (χ2n) is 14.9. The maximum absolute atomic E-state index is 13.6. The first-order chi connectivity index (χ1) is 31.7. The van der Waals surface area contributed by atoms with E-state index in [2.05, 4.69) is 49.4 Å². The number of aliphatic hydroxyl groups is 4. The topological polar surface area (TPSA) is 496 Å². The zero-order valence-electron chi connectivity index (χ0n) is 33.5. The van der Waals surface area contributed by atoms with Gasteiger partial charge in [0.1, 0.15) is 90.5 Å². The van der Waals surface area contributed by atoms with Crippen LogP contribution < -0.4 is 17.2 Å². The van der Waals surface area contributed by atoms with Gasteiger partial charge in [0.15, 0.2) is 53.1 Å². The number of phosphoric acid groups is 3. The number of fused-ring (bicyclic) bond motifs is 3. The van der Waals surface area contributed by atoms with Gasteiger partial charge in [-0.25, -0.2) is 58.6 Å². The van der Waals surface area contributed by atoms with Gasteiger partial charge < -0.3 is 71.4 Å². The van der Waals surface area contributed by atoms with E-state index in [1.807, 2.05) is 0 Å². The Balaban J connectivity index is 0.918. The minimum Gasteiger partial charge on any atom is -0.387 e. The third kappa shape index (κ3) is 9.22. The SMILES string of the molecule is Nc1ncnc2c1ncn2[C@@H]1O[C@H](COP(=O)(O)OC2C(O)[C@@H](COP(=O)(O)OC3C(O)[C@@H](COP(=O)(O)O)O[C@H]3n3cnc4c(N)ncnc43)O[C@H]2n2cnc3c(N)ncnc32)C(O)C1O. The van der Waals surface area contributed by atoms with Crippen molar-refractivity contribution in [2.45, 2.75) is 73.6 Å². The lowest BCUT2D eigenvalue weighted by Gasteiger charge is -2.25. The summed E-state index contributed by atoms with van der Waals surface area (Å²) in [6, 6.07) is 0. The fraction of sp³-hybridized carbons (Fsp3) is 0.500. The van der Waals surface area contributed by atoms with Gasteiger partial charge in [0.2, 0.25) is 0 Å². The number of nitrogens with zero attached hydrogens (tertiary/aromatic N) is 12. The van der Waals surface area contributed by atoms with Crippen LogP contribution in [0.25, 0.3) is 33.5 Å². The van der Waals surface area contributed by atoms with Gasteiger partial charge in [-0.15, -0.1) is 0 Å². The van der Waals surface area contributed by atoms with Crippen molar-refractivity contribution >= 4 is 74.4 Å². The monoisotopic (exact) mass is 1010 g/mol. The number of phosphoric ester groups is 3. The summed E-state index contributed by atoms with van der Waals surface area (Å²) in [5.41, 5.74) is 18.0. The van der Waals surface area contributed by atoms with E-state index >= 15 is 0 Å². The first-order valence-electron chi connectivity index (χ1n) is 19.2. The van der Waals surface area contributed by atoms with Crippen LogP contribution in [0.2, 0.25) is 0 Å². The lowest BCUT2D eigenvalue weighted by atomic mass is 10.1. The van der Waals surface area contributed by atoms with Crippen LogP contribution >= 0.6 is 23.5 Å². The molecule has 0 aromatic carbocycles. The summed E-state index contributed by atoms with van der Waals surface area (Å²) in [7, 11) is -15.9. The number of rotatable bonds is 16. The average molecular weight is 1010 g/mol. The molecule has 37 heteroatoms. The molecule has 9 rings (SSSR count).